The molecule has 114 valence electrons. The minimum absolute atomic E-state index is 0.0446. The molecule has 0 radical (unpaired) electrons. The monoisotopic (exact) mass is 291 g/mol. The van der Waals surface area contributed by atoms with Crippen LogP contribution >= 0.6 is 0 Å². The molecule has 0 aliphatic rings. The molecular weight excluding hydrogens is 270 g/mol. The van der Waals surface area contributed by atoms with Gasteiger partial charge in [-0.2, -0.15) is 10.1 Å². The first-order chi connectivity index (χ1) is 10.0. The fraction of sp³-hybridized carbons (Fsp3) is 0.467. The maximum Gasteiger partial charge on any atom is 0.226 e. The van der Waals surface area contributed by atoms with Crippen molar-refractivity contribution < 1.29 is 14.6 Å². The number of aryl methyl sites for hydroxylation is 1. The number of rotatable bonds is 7. The molecule has 0 spiro atoms. The molecule has 0 atom stereocenters. The van der Waals surface area contributed by atoms with Gasteiger partial charge in [0.1, 0.15) is 5.76 Å². The highest BCUT2D eigenvalue weighted by molar-refractivity contribution is 5.80. The number of hydrogen-bond acceptors (Lipinski definition) is 5. The molecule has 6 heteroatoms. The van der Waals surface area contributed by atoms with Crippen LogP contribution in [0.25, 0.3) is 16.8 Å². The number of methoxy groups -OCH3 is 1. The molecule has 0 aliphatic carbocycles. The summed E-state index contributed by atoms with van der Waals surface area (Å²) in [6.07, 6.45) is 2.72. The third-order valence-corrected chi connectivity index (χ3v) is 2.90. The van der Waals surface area contributed by atoms with E-state index in [2.05, 4.69) is 16.7 Å². The van der Waals surface area contributed by atoms with Gasteiger partial charge in [-0.1, -0.05) is 6.58 Å². The lowest BCUT2D eigenvalue weighted by Gasteiger charge is -2.12. The molecular formula is C15H21N3O3. The summed E-state index contributed by atoms with van der Waals surface area (Å²) in [7, 11) is 1.68. The van der Waals surface area contributed by atoms with Crippen LogP contribution < -0.4 is 4.74 Å². The van der Waals surface area contributed by atoms with Crippen LogP contribution in [0, 0.1) is 0 Å². The van der Waals surface area contributed by atoms with Crippen molar-refractivity contribution in [1.29, 1.82) is 0 Å². The van der Waals surface area contributed by atoms with Gasteiger partial charge in [-0.3, -0.25) is 4.68 Å². The Kier molecular flexibility index (Phi) is 4.80. The van der Waals surface area contributed by atoms with Crippen LogP contribution in [0.2, 0.25) is 0 Å². The van der Waals surface area contributed by atoms with Crippen molar-refractivity contribution in [3.63, 3.8) is 0 Å². The zero-order valence-electron chi connectivity index (χ0n) is 12.7. The molecule has 2 heterocycles. The first-order valence-electron chi connectivity index (χ1n) is 6.93. The van der Waals surface area contributed by atoms with Crippen LogP contribution in [-0.2, 0) is 11.3 Å². The molecule has 2 aromatic heterocycles. The average molecular weight is 291 g/mol. The van der Waals surface area contributed by atoms with Gasteiger partial charge in [0.15, 0.2) is 5.65 Å². The number of ether oxygens (including phenoxy) is 2. The lowest BCUT2D eigenvalue weighted by molar-refractivity contribution is 0.189. The second kappa shape index (κ2) is 6.58. The third kappa shape index (κ3) is 3.72. The first kappa shape index (κ1) is 15.3. The molecule has 0 unspecified atom stereocenters. The average Bonchev–Trinajstić information content (AvgIpc) is 2.79. The first-order valence-corrected chi connectivity index (χ1v) is 6.93. The Morgan fingerprint density at radius 3 is 2.86 bits per heavy atom. The zero-order chi connectivity index (χ0) is 15.4. The van der Waals surface area contributed by atoms with Crippen LogP contribution in [0.1, 0.15) is 25.8 Å². The number of pyridine rings is 1. The third-order valence-electron chi connectivity index (χ3n) is 2.90. The molecule has 21 heavy (non-hydrogen) atoms. The normalized spacial score (nSPS) is 11.2. The van der Waals surface area contributed by atoms with Crippen LogP contribution in [0.15, 0.2) is 18.8 Å². The molecule has 6 nitrogen and oxygen atoms in total. The molecule has 0 saturated heterocycles. The molecule has 0 aliphatic heterocycles. The number of aliphatic hydroxyl groups excluding tert-OH is 1. The van der Waals surface area contributed by atoms with Crippen molar-refractivity contribution in [3.05, 3.63) is 24.4 Å². The fourth-order valence-corrected chi connectivity index (χ4v) is 1.99. The Balaban J connectivity index is 2.35. The minimum Gasteiger partial charge on any atom is -0.508 e. The SMILES string of the molecule is C=C(O)c1cc2cn(CCCOC)nc2nc1OC(C)C. The Bertz CT molecular complexity index is 634. The Hall–Kier alpha value is -2.08. The summed E-state index contributed by atoms with van der Waals surface area (Å²) in [5.74, 6) is 0.291. The van der Waals surface area contributed by atoms with Gasteiger partial charge in [-0.05, 0) is 26.3 Å². The number of hydrogen-bond donors (Lipinski definition) is 1. The van der Waals surface area contributed by atoms with Crippen molar-refractivity contribution in [2.75, 3.05) is 13.7 Å². The highest BCUT2D eigenvalue weighted by Gasteiger charge is 2.14. The van der Waals surface area contributed by atoms with Crippen molar-refractivity contribution >= 4 is 16.8 Å². The summed E-state index contributed by atoms with van der Waals surface area (Å²) < 4.78 is 12.5. The summed E-state index contributed by atoms with van der Waals surface area (Å²) in [4.78, 5) is 4.38. The van der Waals surface area contributed by atoms with E-state index in [1.165, 1.54) is 0 Å². The highest BCUT2D eigenvalue weighted by atomic mass is 16.5. The maximum atomic E-state index is 9.70. The van der Waals surface area contributed by atoms with E-state index in [4.69, 9.17) is 9.47 Å². The predicted molar refractivity (Wildman–Crippen MR) is 81.4 cm³/mol. The van der Waals surface area contributed by atoms with E-state index in [0.29, 0.717) is 23.7 Å². The van der Waals surface area contributed by atoms with Crippen molar-refractivity contribution in [1.82, 2.24) is 14.8 Å². The molecule has 2 aromatic rings. The lowest BCUT2D eigenvalue weighted by atomic mass is 10.2. The van der Waals surface area contributed by atoms with E-state index >= 15 is 0 Å². The van der Waals surface area contributed by atoms with E-state index < -0.39 is 0 Å². The predicted octanol–water partition coefficient (Wildman–Crippen LogP) is 2.78. The summed E-state index contributed by atoms with van der Waals surface area (Å²) >= 11 is 0. The van der Waals surface area contributed by atoms with Gasteiger partial charge in [0.05, 0.1) is 11.7 Å². The molecule has 0 saturated carbocycles. The van der Waals surface area contributed by atoms with Gasteiger partial charge in [0.2, 0.25) is 5.88 Å². The van der Waals surface area contributed by atoms with E-state index in [9.17, 15) is 5.11 Å². The Morgan fingerprint density at radius 1 is 1.48 bits per heavy atom. The standard InChI is InChI=1S/C15H21N3O3/c1-10(2)21-15-13(11(3)19)8-12-9-18(6-5-7-20-4)17-14(12)16-15/h8-10,19H,3,5-7H2,1-2,4H3. The number of aliphatic hydroxyl groups is 1. The molecule has 0 amide bonds. The van der Waals surface area contributed by atoms with E-state index in [-0.39, 0.29) is 11.9 Å². The van der Waals surface area contributed by atoms with Gasteiger partial charge in [-0.15, -0.1) is 0 Å². The van der Waals surface area contributed by atoms with E-state index in [1.54, 1.807) is 13.2 Å². The van der Waals surface area contributed by atoms with Gasteiger partial charge in [0, 0.05) is 31.8 Å². The summed E-state index contributed by atoms with van der Waals surface area (Å²) in [6.45, 7) is 8.80. The summed E-state index contributed by atoms with van der Waals surface area (Å²) in [6, 6.07) is 1.79. The Labute approximate surface area is 124 Å². The second-order valence-corrected chi connectivity index (χ2v) is 5.11. The van der Waals surface area contributed by atoms with Gasteiger partial charge < -0.3 is 14.6 Å². The molecule has 0 aromatic carbocycles. The minimum atomic E-state index is -0.0628. The van der Waals surface area contributed by atoms with Crippen molar-refractivity contribution in [2.24, 2.45) is 0 Å². The summed E-state index contributed by atoms with van der Waals surface area (Å²) in [5.41, 5.74) is 1.08. The van der Waals surface area contributed by atoms with Gasteiger partial charge >= 0.3 is 0 Å². The second-order valence-electron chi connectivity index (χ2n) is 5.11. The van der Waals surface area contributed by atoms with Crippen LogP contribution in [0.5, 0.6) is 5.88 Å². The number of fused-ring (bicyclic) bond motifs is 1. The van der Waals surface area contributed by atoms with Crippen LogP contribution in [-0.4, -0.2) is 39.7 Å². The molecule has 1 N–H and O–H groups in total. The summed E-state index contributed by atoms with van der Waals surface area (Å²) in [5, 5.41) is 15.0. The van der Waals surface area contributed by atoms with Crippen LogP contribution in [0.4, 0.5) is 0 Å². The quantitative estimate of drug-likeness (QED) is 0.627. The van der Waals surface area contributed by atoms with Crippen molar-refractivity contribution in [2.45, 2.75) is 32.9 Å². The Morgan fingerprint density at radius 2 is 2.24 bits per heavy atom. The van der Waals surface area contributed by atoms with Gasteiger partial charge in [0.25, 0.3) is 0 Å². The highest BCUT2D eigenvalue weighted by Crippen LogP contribution is 2.26. The smallest absolute Gasteiger partial charge is 0.226 e. The van der Waals surface area contributed by atoms with E-state index in [1.807, 2.05) is 24.7 Å². The maximum absolute atomic E-state index is 9.70. The van der Waals surface area contributed by atoms with Crippen molar-refractivity contribution in [3.8, 4) is 5.88 Å². The molecule has 0 fully saturated rings. The lowest BCUT2D eigenvalue weighted by Crippen LogP contribution is -2.09. The number of nitrogens with zero attached hydrogens (tertiary/aromatic N) is 3. The van der Waals surface area contributed by atoms with Gasteiger partial charge in [-0.25, -0.2) is 0 Å². The molecule has 0 bridgehead atoms. The largest absolute Gasteiger partial charge is 0.508 e. The zero-order valence-corrected chi connectivity index (χ0v) is 12.7. The number of aromatic nitrogens is 3. The molecule has 2 rings (SSSR count). The van der Waals surface area contributed by atoms with E-state index in [0.717, 1.165) is 18.4 Å². The topological polar surface area (TPSA) is 69.4 Å². The fourth-order valence-electron chi connectivity index (χ4n) is 1.99. The van der Waals surface area contributed by atoms with Crippen LogP contribution in [0.3, 0.4) is 0 Å².